The van der Waals surface area contributed by atoms with E-state index in [9.17, 15) is 14.4 Å². The van der Waals surface area contributed by atoms with Crippen LogP contribution in [0.3, 0.4) is 0 Å². The molecule has 1 unspecified atom stereocenters. The smallest absolute Gasteiger partial charge is 0.324 e. The molecule has 124 valence electrons. The SMILES string of the molecule is C=Cc1cc(C(=O)NCCCC2C(=O)NC(=O)N2C)n(C)c1Br. The number of nitrogens with one attached hydrogen (secondary N) is 2. The van der Waals surface area contributed by atoms with E-state index in [1.807, 2.05) is 0 Å². The first-order valence-electron chi connectivity index (χ1n) is 7.20. The quantitative estimate of drug-likeness (QED) is 0.577. The highest BCUT2D eigenvalue weighted by Crippen LogP contribution is 2.22. The Bertz CT molecular complexity index is 668. The van der Waals surface area contributed by atoms with Crippen molar-refractivity contribution in [2.45, 2.75) is 18.9 Å². The Balaban J connectivity index is 1.85. The molecule has 1 aromatic heterocycles. The first kappa shape index (κ1) is 17.3. The van der Waals surface area contributed by atoms with Gasteiger partial charge in [-0.05, 0) is 34.8 Å². The topological polar surface area (TPSA) is 83.4 Å². The van der Waals surface area contributed by atoms with Crippen molar-refractivity contribution in [1.29, 1.82) is 0 Å². The summed E-state index contributed by atoms with van der Waals surface area (Å²) in [4.78, 5) is 36.5. The molecule has 2 rings (SSSR count). The van der Waals surface area contributed by atoms with E-state index in [4.69, 9.17) is 0 Å². The number of halogens is 1. The van der Waals surface area contributed by atoms with Gasteiger partial charge in [0, 0.05) is 26.2 Å². The molecular weight excluding hydrogens is 364 g/mol. The number of hydrogen-bond donors (Lipinski definition) is 2. The van der Waals surface area contributed by atoms with Crippen molar-refractivity contribution in [3.05, 3.63) is 28.5 Å². The first-order valence-corrected chi connectivity index (χ1v) is 7.99. The van der Waals surface area contributed by atoms with Gasteiger partial charge in [0.15, 0.2) is 0 Å². The molecule has 0 aliphatic carbocycles. The Morgan fingerprint density at radius 2 is 2.17 bits per heavy atom. The van der Waals surface area contributed by atoms with Crippen LogP contribution in [0.25, 0.3) is 6.08 Å². The highest BCUT2D eigenvalue weighted by atomic mass is 79.9. The van der Waals surface area contributed by atoms with Gasteiger partial charge in [0.2, 0.25) is 0 Å². The molecule has 1 aliphatic rings. The van der Waals surface area contributed by atoms with Crippen molar-refractivity contribution in [2.24, 2.45) is 7.05 Å². The number of carbonyl (C=O) groups is 3. The maximum atomic E-state index is 12.2. The maximum absolute atomic E-state index is 12.2. The third kappa shape index (κ3) is 3.47. The summed E-state index contributed by atoms with van der Waals surface area (Å²) in [5.74, 6) is -0.479. The van der Waals surface area contributed by atoms with Crippen LogP contribution in [0.5, 0.6) is 0 Å². The second kappa shape index (κ2) is 6.99. The minimum Gasteiger partial charge on any atom is -0.351 e. The normalized spacial score (nSPS) is 17.3. The molecule has 1 aliphatic heterocycles. The minimum absolute atomic E-state index is 0.193. The number of amides is 4. The number of rotatable bonds is 6. The molecule has 2 heterocycles. The number of aromatic nitrogens is 1. The Labute approximate surface area is 142 Å². The van der Waals surface area contributed by atoms with Crippen LogP contribution in [-0.2, 0) is 11.8 Å². The predicted octanol–water partition coefficient (Wildman–Crippen LogP) is 1.49. The average molecular weight is 383 g/mol. The Kier molecular flexibility index (Phi) is 5.25. The van der Waals surface area contributed by atoms with Crippen molar-refractivity contribution in [1.82, 2.24) is 20.1 Å². The molecule has 0 saturated carbocycles. The zero-order chi connectivity index (χ0) is 17.1. The summed E-state index contributed by atoms with van der Waals surface area (Å²) in [5, 5.41) is 5.08. The largest absolute Gasteiger partial charge is 0.351 e. The molecule has 1 saturated heterocycles. The van der Waals surface area contributed by atoms with Crippen LogP contribution in [0.2, 0.25) is 0 Å². The summed E-state index contributed by atoms with van der Waals surface area (Å²) in [7, 11) is 3.37. The van der Waals surface area contributed by atoms with Crippen molar-refractivity contribution in [3.8, 4) is 0 Å². The van der Waals surface area contributed by atoms with Crippen LogP contribution in [0.1, 0.15) is 28.9 Å². The van der Waals surface area contributed by atoms with Crippen LogP contribution in [0, 0.1) is 0 Å². The second-order valence-corrected chi connectivity index (χ2v) is 6.11. The van der Waals surface area contributed by atoms with Gasteiger partial charge in [0.25, 0.3) is 11.8 Å². The molecule has 1 fully saturated rings. The predicted molar refractivity (Wildman–Crippen MR) is 89.9 cm³/mol. The molecule has 0 aromatic carbocycles. The standard InChI is InChI=1S/C15H19BrN4O3/c1-4-9-8-11(19(2)12(9)16)13(21)17-7-5-6-10-14(22)18-15(23)20(10)3/h4,8,10H,1,5-7H2,2-3H3,(H,17,21)(H,18,22,23). The molecule has 0 bridgehead atoms. The van der Waals surface area contributed by atoms with E-state index in [1.165, 1.54) is 4.90 Å². The highest BCUT2D eigenvalue weighted by Gasteiger charge is 2.34. The van der Waals surface area contributed by atoms with Gasteiger partial charge in [-0.15, -0.1) is 0 Å². The van der Waals surface area contributed by atoms with Gasteiger partial charge in [0.1, 0.15) is 11.7 Å². The lowest BCUT2D eigenvalue weighted by atomic mass is 10.1. The van der Waals surface area contributed by atoms with Crippen molar-refractivity contribution in [2.75, 3.05) is 13.6 Å². The average Bonchev–Trinajstić information content (AvgIpc) is 2.94. The van der Waals surface area contributed by atoms with Crippen LogP contribution in [0.4, 0.5) is 4.79 Å². The molecule has 4 amide bonds. The van der Waals surface area contributed by atoms with Gasteiger partial charge in [0.05, 0.1) is 4.60 Å². The first-order chi connectivity index (χ1) is 10.9. The fourth-order valence-electron chi connectivity index (χ4n) is 2.47. The minimum atomic E-state index is -0.462. The summed E-state index contributed by atoms with van der Waals surface area (Å²) in [6, 6.07) is 0.911. The molecule has 0 radical (unpaired) electrons. The summed E-state index contributed by atoms with van der Waals surface area (Å²) >= 11 is 3.40. The molecule has 1 aromatic rings. The van der Waals surface area contributed by atoms with E-state index in [0.29, 0.717) is 25.1 Å². The Hall–Kier alpha value is -2.09. The van der Waals surface area contributed by atoms with Crippen LogP contribution in [0.15, 0.2) is 17.2 Å². The van der Waals surface area contributed by atoms with E-state index in [1.54, 1.807) is 30.8 Å². The van der Waals surface area contributed by atoms with E-state index in [2.05, 4.69) is 33.1 Å². The zero-order valence-corrected chi connectivity index (χ0v) is 14.6. The van der Waals surface area contributed by atoms with Crippen LogP contribution < -0.4 is 10.6 Å². The number of imide groups is 1. The van der Waals surface area contributed by atoms with Gasteiger partial charge in [-0.1, -0.05) is 12.7 Å². The van der Waals surface area contributed by atoms with Gasteiger partial charge in [-0.25, -0.2) is 4.79 Å². The molecule has 0 spiro atoms. The van der Waals surface area contributed by atoms with Crippen molar-refractivity contribution >= 4 is 39.9 Å². The number of hydrogen-bond acceptors (Lipinski definition) is 3. The van der Waals surface area contributed by atoms with Gasteiger partial charge >= 0.3 is 6.03 Å². The Morgan fingerprint density at radius 1 is 1.48 bits per heavy atom. The third-order valence-corrected chi connectivity index (χ3v) is 4.89. The molecule has 1 atom stereocenters. The van der Waals surface area contributed by atoms with E-state index >= 15 is 0 Å². The summed E-state index contributed by atoms with van der Waals surface area (Å²) in [5.41, 5.74) is 1.37. The van der Waals surface area contributed by atoms with E-state index in [0.717, 1.165) is 10.2 Å². The third-order valence-electron chi connectivity index (χ3n) is 3.90. The fraction of sp³-hybridized carbons (Fsp3) is 0.400. The lowest BCUT2D eigenvalue weighted by Crippen LogP contribution is -2.33. The summed E-state index contributed by atoms with van der Waals surface area (Å²) in [6.07, 6.45) is 2.77. The molecule has 23 heavy (non-hydrogen) atoms. The zero-order valence-electron chi connectivity index (χ0n) is 13.1. The van der Waals surface area contributed by atoms with Gasteiger partial charge < -0.3 is 14.8 Å². The number of likely N-dealkylation sites (N-methyl/N-ethyl adjacent to an activating group) is 1. The molecule has 8 heteroatoms. The van der Waals surface area contributed by atoms with Crippen LogP contribution in [-0.4, -0.2) is 46.9 Å². The number of urea groups is 1. The summed E-state index contributed by atoms with van der Waals surface area (Å²) < 4.78 is 2.53. The second-order valence-electron chi connectivity index (χ2n) is 5.36. The van der Waals surface area contributed by atoms with Crippen molar-refractivity contribution < 1.29 is 14.4 Å². The van der Waals surface area contributed by atoms with Crippen LogP contribution >= 0.6 is 15.9 Å². The maximum Gasteiger partial charge on any atom is 0.324 e. The fourth-order valence-corrected chi connectivity index (χ4v) is 2.94. The summed E-state index contributed by atoms with van der Waals surface area (Å²) in [6.45, 7) is 4.13. The lowest BCUT2D eigenvalue weighted by Gasteiger charge is -2.16. The van der Waals surface area contributed by atoms with Gasteiger partial charge in [-0.2, -0.15) is 0 Å². The van der Waals surface area contributed by atoms with E-state index < -0.39 is 6.04 Å². The molecule has 2 N–H and O–H groups in total. The number of carbonyl (C=O) groups excluding carboxylic acids is 3. The monoisotopic (exact) mass is 382 g/mol. The Morgan fingerprint density at radius 3 is 2.70 bits per heavy atom. The molecular formula is C15H19BrN4O3. The van der Waals surface area contributed by atoms with Gasteiger partial charge in [-0.3, -0.25) is 14.9 Å². The number of nitrogens with zero attached hydrogens (tertiary/aromatic N) is 2. The molecule has 7 nitrogen and oxygen atoms in total. The lowest BCUT2D eigenvalue weighted by molar-refractivity contribution is -0.121. The highest BCUT2D eigenvalue weighted by molar-refractivity contribution is 9.10. The van der Waals surface area contributed by atoms with E-state index in [-0.39, 0.29) is 17.8 Å². The van der Waals surface area contributed by atoms with Crippen molar-refractivity contribution in [3.63, 3.8) is 0 Å².